The van der Waals surface area contributed by atoms with Crippen molar-refractivity contribution in [2.24, 2.45) is 5.73 Å². The van der Waals surface area contributed by atoms with Gasteiger partial charge in [-0.15, -0.1) is 0 Å². The fraction of sp³-hybridized carbons (Fsp3) is 0.273. The summed E-state index contributed by atoms with van der Waals surface area (Å²) in [5.41, 5.74) is 7.32. The molecule has 2 rings (SSSR count). The second-order valence-corrected chi connectivity index (χ2v) is 4.37. The molecule has 1 aliphatic rings. The number of rotatable bonds is 1. The maximum Gasteiger partial charge on any atom is 0.0490 e. The first kappa shape index (κ1) is 8.97. The van der Waals surface area contributed by atoms with Gasteiger partial charge in [0.1, 0.15) is 0 Å². The predicted molar refractivity (Wildman–Crippen MR) is 58.4 cm³/mol. The fourth-order valence-corrected chi connectivity index (χ4v) is 2.44. The summed E-state index contributed by atoms with van der Waals surface area (Å²) in [6.45, 7) is 0. The van der Waals surface area contributed by atoms with Crippen LogP contribution >= 0.6 is 15.9 Å². The van der Waals surface area contributed by atoms with Crippen LogP contribution in [0.2, 0.25) is 0 Å². The van der Waals surface area contributed by atoms with Gasteiger partial charge in [0.25, 0.3) is 0 Å². The summed E-state index contributed by atoms with van der Waals surface area (Å²) in [5, 5.41) is 0. The van der Waals surface area contributed by atoms with E-state index < -0.39 is 0 Å². The third kappa shape index (κ3) is 1.56. The smallest absolute Gasteiger partial charge is 0.0490 e. The van der Waals surface area contributed by atoms with Gasteiger partial charge in [-0.25, -0.2) is 0 Å². The number of hydrogen-bond acceptors (Lipinski definition) is 1. The number of halogens is 1. The number of hydrogen-bond donors (Lipinski definition) is 1. The highest BCUT2D eigenvalue weighted by molar-refractivity contribution is 9.10. The lowest BCUT2D eigenvalue weighted by molar-refractivity contribution is 0.478. The van der Waals surface area contributed by atoms with Gasteiger partial charge in [0, 0.05) is 10.0 Å². The molecule has 68 valence electrons. The lowest BCUT2D eigenvalue weighted by Gasteiger charge is -2.25. The van der Waals surface area contributed by atoms with Crippen molar-refractivity contribution >= 4 is 15.9 Å². The van der Waals surface area contributed by atoms with Gasteiger partial charge in [0.2, 0.25) is 0 Å². The van der Waals surface area contributed by atoms with Crippen molar-refractivity contribution in [1.82, 2.24) is 0 Å². The van der Waals surface area contributed by atoms with E-state index >= 15 is 0 Å². The van der Waals surface area contributed by atoms with E-state index in [1.165, 1.54) is 5.56 Å². The molecule has 0 heterocycles. The first-order valence-corrected chi connectivity index (χ1v) is 5.20. The minimum Gasteiger partial charge on any atom is -0.321 e. The van der Waals surface area contributed by atoms with Crippen molar-refractivity contribution in [3.63, 3.8) is 0 Å². The van der Waals surface area contributed by atoms with Crippen molar-refractivity contribution < 1.29 is 0 Å². The normalized spacial score (nSPS) is 19.2. The van der Waals surface area contributed by atoms with Crippen molar-refractivity contribution in [1.29, 1.82) is 0 Å². The highest BCUT2D eigenvalue weighted by atomic mass is 79.9. The molecule has 0 unspecified atom stereocenters. The van der Waals surface area contributed by atoms with Crippen molar-refractivity contribution in [3.05, 3.63) is 46.5 Å². The Morgan fingerprint density at radius 3 is 2.38 bits per heavy atom. The first-order chi connectivity index (χ1) is 6.22. The van der Waals surface area contributed by atoms with Gasteiger partial charge in [-0.2, -0.15) is 0 Å². The van der Waals surface area contributed by atoms with Crippen LogP contribution in [0.1, 0.15) is 18.4 Å². The summed E-state index contributed by atoms with van der Waals surface area (Å²) >= 11 is 3.53. The van der Waals surface area contributed by atoms with Gasteiger partial charge < -0.3 is 5.73 Å². The molecule has 0 aliphatic heterocycles. The van der Waals surface area contributed by atoms with Gasteiger partial charge in [0.05, 0.1) is 0 Å². The van der Waals surface area contributed by atoms with Crippen LogP contribution in [0.5, 0.6) is 0 Å². The van der Waals surface area contributed by atoms with E-state index in [1.807, 2.05) is 18.2 Å². The Hall–Kier alpha value is -0.600. The molecule has 2 heteroatoms. The quantitative estimate of drug-likeness (QED) is 0.748. The molecule has 0 aromatic heterocycles. The second kappa shape index (κ2) is 3.28. The van der Waals surface area contributed by atoms with Crippen LogP contribution in [-0.4, -0.2) is 0 Å². The third-order valence-corrected chi connectivity index (χ3v) is 3.23. The minimum absolute atomic E-state index is 0.180. The van der Waals surface area contributed by atoms with Crippen LogP contribution in [0.4, 0.5) is 0 Å². The van der Waals surface area contributed by atoms with Gasteiger partial charge >= 0.3 is 0 Å². The lowest BCUT2D eigenvalue weighted by atomic mass is 9.89. The van der Waals surface area contributed by atoms with Crippen LogP contribution < -0.4 is 5.73 Å². The van der Waals surface area contributed by atoms with E-state index in [0.29, 0.717) is 0 Å². The van der Waals surface area contributed by atoms with E-state index in [2.05, 4.69) is 34.1 Å². The van der Waals surface area contributed by atoms with Gasteiger partial charge in [-0.05, 0) is 24.5 Å². The lowest BCUT2D eigenvalue weighted by Crippen LogP contribution is -2.33. The fourth-order valence-electron chi connectivity index (χ4n) is 1.76. The maximum absolute atomic E-state index is 6.29. The molecule has 0 saturated carbocycles. The first-order valence-electron chi connectivity index (χ1n) is 4.41. The average molecular weight is 238 g/mol. The summed E-state index contributed by atoms with van der Waals surface area (Å²) in [6, 6.07) is 8.19. The molecule has 13 heavy (non-hydrogen) atoms. The topological polar surface area (TPSA) is 26.0 Å². The second-order valence-electron chi connectivity index (χ2n) is 3.52. The Balaban J connectivity index is 2.40. The Morgan fingerprint density at radius 1 is 1.15 bits per heavy atom. The molecule has 0 amide bonds. The van der Waals surface area contributed by atoms with E-state index in [1.54, 1.807) is 0 Å². The van der Waals surface area contributed by atoms with Crippen LogP contribution in [0.25, 0.3) is 0 Å². The molecule has 0 spiro atoms. The van der Waals surface area contributed by atoms with Crippen LogP contribution in [-0.2, 0) is 5.54 Å². The standard InChI is InChI=1S/C11H12BrN/c12-10-6-2-1-5-9(10)11(13)7-3-4-8-11/h1-6H,7-8,13H2. The van der Waals surface area contributed by atoms with Crippen molar-refractivity contribution in [2.75, 3.05) is 0 Å². The van der Waals surface area contributed by atoms with Crippen molar-refractivity contribution in [3.8, 4) is 0 Å². The van der Waals surface area contributed by atoms with Crippen LogP contribution in [0.3, 0.4) is 0 Å². The summed E-state index contributed by atoms with van der Waals surface area (Å²) in [4.78, 5) is 0. The average Bonchev–Trinajstić information content (AvgIpc) is 2.54. The van der Waals surface area contributed by atoms with Gasteiger partial charge in [-0.3, -0.25) is 0 Å². The Kier molecular flexibility index (Phi) is 2.26. The molecular weight excluding hydrogens is 226 g/mol. The molecule has 2 N–H and O–H groups in total. The van der Waals surface area contributed by atoms with E-state index in [4.69, 9.17) is 5.73 Å². The molecule has 1 aromatic rings. The Bertz CT molecular complexity index is 336. The minimum atomic E-state index is -0.180. The van der Waals surface area contributed by atoms with E-state index in [0.717, 1.165) is 17.3 Å². The molecule has 1 aliphatic carbocycles. The zero-order valence-electron chi connectivity index (χ0n) is 7.33. The summed E-state index contributed by atoms with van der Waals surface area (Å²) in [5.74, 6) is 0. The summed E-state index contributed by atoms with van der Waals surface area (Å²) in [7, 11) is 0. The van der Waals surface area contributed by atoms with Crippen LogP contribution in [0, 0.1) is 0 Å². The molecule has 0 fully saturated rings. The van der Waals surface area contributed by atoms with Gasteiger partial charge in [0.15, 0.2) is 0 Å². The largest absolute Gasteiger partial charge is 0.321 e. The summed E-state index contributed by atoms with van der Waals surface area (Å²) in [6.07, 6.45) is 6.18. The highest BCUT2D eigenvalue weighted by Gasteiger charge is 2.29. The SMILES string of the molecule is NC1(c2ccccc2Br)CC=CC1. The molecule has 1 nitrogen and oxygen atoms in total. The Morgan fingerprint density at radius 2 is 1.77 bits per heavy atom. The Labute approximate surface area is 86.8 Å². The monoisotopic (exact) mass is 237 g/mol. The van der Waals surface area contributed by atoms with Crippen LogP contribution in [0.15, 0.2) is 40.9 Å². The van der Waals surface area contributed by atoms with Gasteiger partial charge in [-0.1, -0.05) is 46.3 Å². The highest BCUT2D eigenvalue weighted by Crippen LogP contribution is 2.35. The number of nitrogens with two attached hydrogens (primary N) is 1. The molecule has 1 aromatic carbocycles. The number of benzene rings is 1. The molecule has 0 radical (unpaired) electrons. The predicted octanol–water partition coefficient (Wildman–Crippen LogP) is 2.95. The maximum atomic E-state index is 6.29. The van der Waals surface area contributed by atoms with E-state index in [-0.39, 0.29) is 5.54 Å². The molecular formula is C11H12BrN. The molecule has 0 atom stereocenters. The summed E-state index contributed by atoms with van der Waals surface area (Å²) < 4.78 is 1.11. The zero-order chi connectivity index (χ0) is 9.31. The van der Waals surface area contributed by atoms with Crippen molar-refractivity contribution in [2.45, 2.75) is 18.4 Å². The van der Waals surface area contributed by atoms with E-state index in [9.17, 15) is 0 Å². The third-order valence-electron chi connectivity index (χ3n) is 2.54. The molecule has 0 saturated heterocycles. The zero-order valence-corrected chi connectivity index (χ0v) is 8.92. The molecule has 0 bridgehead atoms.